The van der Waals surface area contributed by atoms with Crippen molar-refractivity contribution in [1.29, 1.82) is 0 Å². The Hall–Kier alpha value is -3.26. The van der Waals surface area contributed by atoms with Crippen molar-refractivity contribution in [3.63, 3.8) is 0 Å². The minimum absolute atomic E-state index is 0.0787. The summed E-state index contributed by atoms with van der Waals surface area (Å²) < 4.78 is 28.6. The molecule has 2 N–H and O–H groups in total. The lowest BCUT2D eigenvalue weighted by Gasteiger charge is -2.11. The molecule has 3 aromatic heterocycles. The van der Waals surface area contributed by atoms with Crippen LogP contribution in [0, 0.1) is 0 Å². The van der Waals surface area contributed by atoms with Crippen molar-refractivity contribution in [2.45, 2.75) is 6.61 Å². The summed E-state index contributed by atoms with van der Waals surface area (Å²) in [6.45, 7) is -2.49. The van der Waals surface area contributed by atoms with Gasteiger partial charge < -0.3 is 10.5 Å². The van der Waals surface area contributed by atoms with Crippen molar-refractivity contribution in [1.82, 2.24) is 29.7 Å². The lowest BCUT2D eigenvalue weighted by molar-refractivity contribution is 0.298. The largest absolute Gasteiger partial charge is 0.483 e. The van der Waals surface area contributed by atoms with Crippen LogP contribution >= 0.6 is 11.6 Å². The summed E-state index contributed by atoms with van der Waals surface area (Å²) in [5.41, 5.74) is 7.91. The number of aryl methyl sites for hydroxylation is 1. The number of nitrogens with two attached hydrogens (primary N) is 1. The highest BCUT2D eigenvalue weighted by Crippen LogP contribution is 2.34. The third kappa shape index (κ3) is 3.02. The number of pyridine rings is 1. The van der Waals surface area contributed by atoms with E-state index in [1.54, 1.807) is 12.1 Å². The molecule has 1 aromatic carbocycles. The predicted molar refractivity (Wildman–Crippen MR) is 97.5 cm³/mol. The maximum Gasteiger partial charge on any atom is 0.188 e. The van der Waals surface area contributed by atoms with Gasteiger partial charge in [0.1, 0.15) is 30.6 Å². The number of anilines is 1. The lowest BCUT2D eigenvalue weighted by Crippen LogP contribution is -2.03. The average Bonchev–Trinajstić information content (AvgIpc) is 3.16. The molecule has 8 nitrogen and oxygen atoms in total. The molecule has 26 heavy (non-hydrogen) atoms. The van der Waals surface area contributed by atoms with E-state index < -0.39 is 6.98 Å². The second-order valence-corrected chi connectivity index (χ2v) is 5.79. The van der Waals surface area contributed by atoms with Crippen LogP contribution in [0.15, 0.2) is 43.1 Å². The molecule has 3 heterocycles. The van der Waals surface area contributed by atoms with Crippen LogP contribution in [0.25, 0.3) is 22.2 Å². The summed E-state index contributed by atoms with van der Waals surface area (Å²) in [5, 5.41) is 4.94. The Balaban J connectivity index is 1.71. The van der Waals surface area contributed by atoms with Crippen molar-refractivity contribution in [2.75, 3.05) is 5.73 Å². The van der Waals surface area contributed by atoms with Crippen LogP contribution in [0.5, 0.6) is 5.75 Å². The summed E-state index contributed by atoms with van der Waals surface area (Å²) in [4.78, 5) is 16.7. The number of ether oxygens (including phenoxy) is 1. The average molecular weight is 371 g/mol. The highest BCUT2D eigenvalue weighted by atomic mass is 35.5. The van der Waals surface area contributed by atoms with Gasteiger partial charge in [-0.25, -0.2) is 15.0 Å². The molecule has 4 rings (SSSR count). The maximum absolute atomic E-state index is 7.34. The minimum atomic E-state index is -2.41. The van der Waals surface area contributed by atoms with E-state index >= 15 is 0 Å². The minimum Gasteiger partial charge on any atom is -0.483 e. The maximum atomic E-state index is 7.34. The predicted octanol–water partition coefficient (Wildman–Crippen LogP) is 2.63. The van der Waals surface area contributed by atoms with Gasteiger partial charge >= 0.3 is 0 Å². The van der Waals surface area contributed by atoms with Gasteiger partial charge in [-0.05, 0) is 12.1 Å². The molecule has 0 saturated carbocycles. The molecule has 0 aliphatic rings. The first-order chi connectivity index (χ1) is 13.8. The lowest BCUT2D eigenvalue weighted by atomic mass is 10.1. The third-order valence-electron chi connectivity index (χ3n) is 3.65. The van der Waals surface area contributed by atoms with E-state index in [-0.39, 0.29) is 18.2 Å². The molecule has 9 heteroatoms. The molecule has 0 unspecified atom stereocenters. The zero-order valence-electron chi connectivity index (χ0n) is 16.3. The third-order valence-corrected chi connectivity index (χ3v) is 3.89. The number of benzene rings is 1. The molecule has 0 amide bonds. The molecule has 0 atom stereocenters. The number of rotatable bonds is 4. The van der Waals surface area contributed by atoms with Crippen molar-refractivity contribution in [2.24, 2.45) is 6.98 Å². The Kier molecular flexibility index (Phi) is 3.29. The van der Waals surface area contributed by atoms with E-state index in [4.69, 9.17) is 26.2 Å². The topological polar surface area (TPSA) is 105 Å². The number of nitrogen functional groups attached to an aromatic ring is 1. The number of fused-ring (bicyclic) bond motifs is 1. The zero-order valence-corrected chi connectivity index (χ0v) is 14.1. The summed E-state index contributed by atoms with van der Waals surface area (Å²) in [6.07, 6.45) is 3.97. The first kappa shape index (κ1) is 13.0. The van der Waals surface area contributed by atoms with Gasteiger partial charge in [0.25, 0.3) is 0 Å². The molecule has 0 spiro atoms. The highest BCUT2D eigenvalue weighted by molar-refractivity contribution is 6.30. The van der Waals surface area contributed by atoms with Gasteiger partial charge in [-0.3, -0.25) is 9.67 Å². The van der Waals surface area contributed by atoms with Gasteiger partial charge in [-0.2, -0.15) is 5.10 Å². The first-order valence-corrected chi connectivity index (χ1v) is 7.89. The Morgan fingerprint density at radius 2 is 2.19 bits per heavy atom. The Morgan fingerprint density at radius 1 is 1.27 bits per heavy atom. The van der Waals surface area contributed by atoms with Gasteiger partial charge in [0.2, 0.25) is 0 Å². The van der Waals surface area contributed by atoms with E-state index in [0.29, 0.717) is 27.4 Å². The van der Waals surface area contributed by atoms with Crippen molar-refractivity contribution in [3.05, 3.63) is 54.0 Å². The number of hydrogen-bond donors (Lipinski definition) is 1. The molecule has 0 aliphatic carbocycles. The smallest absolute Gasteiger partial charge is 0.188 e. The van der Waals surface area contributed by atoms with Crippen molar-refractivity contribution >= 4 is 28.3 Å². The molecule has 0 aliphatic heterocycles. The molecule has 0 fully saturated rings. The van der Waals surface area contributed by atoms with E-state index in [1.165, 1.54) is 12.5 Å². The number of halogens is 1. The fraction of sp³-hybridized carbons (Fsp3) is 0.118. The summed E-state index contributed by atoms with van der Waals surface area (Å²) >= 11 is 6.09. The number of hydrogen-bond acceptors (Lipinski definition) is 7. The van der Waals surface area contributed by atoms with Gasteiger partial charge in [0.05, 0.1) is 17.3 Å². The highest BCUT2D eigenvalue weighted by Gasteiger charge is 2.16. The van der Waals surface area contributed by atoms with Gasteiger partial charge in [-0.1, -0.05) is 23.7 Å². The van der Waals surface area contributed by atoms with E-state index in [0.717, 1.165) is 16.6 Å². The van der Waals surface area contributed by atoms with Crippen LogP contribution in [-0.2, 0) is 13.6 Å². The summed E-state index contributed by atoms with van der Waals surface area (Å²) in [5.74, 6) is 0.745. The normalized spacial score (nSPS) is 13.2. The molecular weight excluding hydrogens is 354 g/mol. The second kappa shape index (κ2) is 6.57. The Bertz CT molecular complexity index is 1200. The van der Waals surface area contributed by atoms with Crippen LogP contribution in [0.1, 0.15) is 9.94 Å². The Morgan fingerprint density at radius 3 is 3.00 bits per heavy atom. The molecular formula is C17H14ClN7O. The van der Waals surface area contributed by atoms with Crippen molar-refractivity contribution in [3.8, 4) is 17.0 Å². The van der Waals surface area contributed by atoms with E-state index in [2.05, 4.69) is 25.0 Å². The quantitative estimate of drug-likeness (QED) is 0.588. The van der Waals surface area contributed by atoms with Crippen LogP contribution in [-0.4, -0.2) is 29.7 Å². The number of nitrogens with zero attached hydrogens (tertiary/aromatic N) is 6. The van der Waals surface area contributed by atoms with Crippen LogP contribution in [0.4, 0.5) is 5.82 Å². The monoisotopic (exact) mass is 370 g/mol. The summed E-state index contributed by atoms with van der Waals surface area (Å²) in [6, 6.07) is 7.21. The van der Waals surface area contributed by atoms with Crippen molar-refractivity contribution < 1.29 is 8.85 Å². The molecule has 0 radical (unpaired) electrons. The second-order valence-electron chi connectivity index (χ2n) is 5.36. The Labute approximate surface area is 157 Å². The van der Waals surface area contributed by atoms with Crippen LogP contribution < -0.4 is 10.5 Å². The fourth-order valence-electron chi connectivity index (χ4n) is 2.53. The zero-order chi connectivity index (χ0) is 20.6. The molecule has 4 aromatic rings. The molecule has 130 valence electrons. The van der Waals surface area contributed by atoms with Crippen LogP contribution in [0.2, 0.25) is 5.02 Å². The molecule has 0 bridgehead atoms. The van der Waals surface area contributed by atoms with Crippen LogP contribution in [0.3, 0.4) is 0 Å². The number of aromatic nitrogens is 6. The SMILES string of the molecule is [2H]C([2H])([2H])n1cnc(COc2cnc(-c3cccc(Cl)c3)c3ncnc(N)c23)n1. The van der Waals surface area contributed by atoms with Gasteiger partial charge in [-0.15, -0.1) is 0 Å². The standard InChI is InChI=1S/C17H14ClN7O/c1-25-9-23-13(24-25)7-26-12-6-20-15(10-3-2-4-11(18)5-10)16-14(12)17(19)22-8-21-16/h2-6,8-9H,7H2,1H3,(H2,19,21,22)/i1D3. The van der Waals surface area contributed by atoms with Gasteiger partial charge in [0.15, 0.2) is 11.6 Å². The van der Waals surface area contributed by atoms with E-state index in [9.17, 15) is 0 Å². The van der Waals surface area contributed by atoms with Gasteiger partial charge in [0, 0.05) is 21.7 Å². The summed E-state index contributed by atoms with van der Waals surface area (Å²) in [7, 11) is 0. The first-order valence-electron chi connectivity index (χ1n) is 9.02. The molecule has 0 saturated heterocycles. The van der Waals surface area contributed by atoms with E-state index in [1.807, 2.05) is 12.1 Å². The fourth-order valence-corrected chi connectivity index (χ4v) is 2.72.